The van der Waals surface area contributed by atoms with Crippen molar-refractivity contribution in [2.75, 3.05) is 11.9 Å². The van der Waals surface area contributed by atoms with E-state index in [0.29, 0.717) is 12.2 Å². The maximum atomic E-state index is 13.0. The molecule has 0 unspecified atom stereocenters. The Kier molecular flexibility index (Phi) is 5.39. The minimum absolute atomic E-state index is 0.0421. The lowest BCUT2D eigenvalue weighted by Crippen LogP contribution is -2.19. The number of unbranched alkanes of at least 4 members (excludes halogenated alkanes) is 1. The molecule has 1 heterocycles. The molecule has 0 aliphatic carbocycles. The minimum atomic E-state index is -0.393. The third kappa shape index (κ3) is 4.96. The van der Waals surface area contributed by atoms with E-state index in [-0.39, 0.29) is 12.5 Å². The maximum Gasteiger partial charge on any atom is 0.246 e. The van der Waals surface area contributed by atoms with E-state index in [1.807, 2.05) is 0 Å². The Balaban J connectivity index is 1.85. The van der Waals surface area contributed by atoms with E-state index in [9.17, 15) is 9.18 Å². The van der Waals surface area contributed by atoms with Crippen molar-refractivity contribution in [3.05, 3.63) is 42.0 Å². The molecule has 1 amide bonds. The summed E-state index contributed by atoms with van der Waals surface area (Å²) in [5, 5.41) is 10.5. The number of amides is 1. The van der Waals surface area contributed by atoms with E-state index in [1.165, 1.54) is 22.9 Å². The topological polar surface area (TPSA) is 85.8 Å². The number of hydrogen-bond donors (Lipinski definition) is 2. The minimum Gasteiger partial charge on any atom is -0.330 e. The second-order valence-electron chi connectivity index (χ2n) is 4.71. The van der Waals surface area contributed by atoms with Gasteiger partial charge in [0.1, 0.15) is 12.4 Å². The van der Waals surface area contributed by atoms with Crippen LogP contribution in [-0.4, -0.2) is 27.4 Å². The molecule has 112 valence electrons. The fourth-order valence-electron chi connectivity index (χ4n) is 1.89. The fraction of sp³-hybridized carbons (Fsp3) is 0.357. The van der Waals surface area contributed by atoms with Crippen molar-refractivity contribution in [2.24, 2.45) is 5.73 Å². The SMILES string of the molecule is NCCCCc1cn(CC(=O)Nc2cccc(F)c2)nn1. The molecule has 0 saturated carbocycles. The summed E-state index contributed by atoms with van der Waals surface area (Å²) in [4.78, 5) is 11.8. The summed E-state index contributed by atoms with van der Waals surface area (Å²) in [7, 11) is 0. The van der Waals surface area contributed by atoms with Crippen molar-refractivity contribution in [3.63, 3.8) is 0 Å². The van der Waals surface area contributed by atoms with Crippen molar-refractivity contribution < 1.29 is 9.18 Å². The molecular formula is C14H18FN5O. The molecule has 0 atom stereocenters. The van der Waals surface area contributed by atoms with Gasteiger partial charge in [0.15, 0.2) is 0 Å². The smallest absolute Gasteiger partial charge is 0.246 e. The van der Waals surface area contributed by atoms with Crippen LogP contribution in [0, 0.1) is 5.82 Å². The Hall–Kier alpha value is -2.28. The predicted molar refractivity (Wildman–Crippen MR) is 77.0 cm³/mol. The lowest BCUT2D eigenvalue weighted by Gasteiger charge is -2.04. The molecule has 7 heteroatoms. The lowest BCUT2D eigenvalue weighted by atomic mass is 10.2. The summed E-state index contributed by atoms with van der Waals surface area (Å²) in [5.74, 6) is -0.672. The summed E-state index contributed by atoms with van der Waals surface area (Å²) < 4.78 is 14.5. The number of aryl methyl sites for hydroxylation is 1. The Morgan fingerprint density at radius 3 is 3.00 bits per heavy atom. The van der Waals surface area contributed by atoms with E-state index in [2.05, 4.69) is 15.6 Å². The van der Waals surface area contributed by atoms with Crippen molar-refractivity contribution in [3.8, 4) is 0 Å². The Bertz CT molecular complexity index is 599. The highest BCUT2D eigenvalue weighted by Crippen LogP contribution is 2.09. The zero-order valence-corrected chi connectivity index (χ0v) is 11.6. The summed E-state index contributed by atoms with van der Waals surface area (Å²) in [6.07, 6.45) is 4.42. The molecule has 1 aromatic heterocycles. The number of carbonyl (C=O) groups is 1. The first kappa shape index (κ1) is 15.1. The molecule has 0 aliphatic heterocycles. The number of nitrogens with one attached hydrogen (secondary N) is 1. The highest BCUT2D eigenvalue weighted by Gasteiger charge is 2.07. The molecule has 0 aliphatic rings. The van der Waals surface area contributed by atoms with Crippen LogP contribution in [0.1, 0.15) is 18.5 Å². The first-order valence-corrected chi connectivity index (χ1v) is 6.82. The van der Waals surface area contributed by atoms with Crippen LogP contribution in [0.25, 0.3) is 0 Å². The normalized spacial score (nSPS) is 10.6. The zero-order chi connectivity index (χ0) is 15.1. The van der Waals surface area contributed by atoms with Crippen molar-refractivity contribution in [1.82, 2.24) is 15.0 Å². The second-order valence-corrected chi connectivity index (χ2v) is 4.71. The number of anilines is 1. The van der Waals surface area contributed by atoms with Crippen molar-refractivity contribution >= 4 is 11.6 Å². The van der Waals surface area contributed by atoms with E-state index in [4.69, 9.17) is 5.73 Å². The van der Waals surface area contributed by atoms with Gasteiger partial charge in [-0.15, -0.1) is 5.10 Å². The van der Waals surface area contributed by atoms with Gasteiger partial charge in [-0.25, -0.2) is 9.07 Å². The van der Waals surface area contributed by atoms with E-state index < -0.39 is 5.82 Å². The van der Waals surface area contributed by atoms with Crippen LogP contribution < -0.4 is 11.1 Å². The van der Waals surface area contributed by atoms with Crippen molar-refractivity contribution in [2.45, 2.75) is 25.8 Å². The number of halogens is 1. The Morgan fingerprint density at radius 1 is 1.38 bits per heavy atom. The Labute approximate surface area is 122 Å². The van der Waals surface area contributed by atoms with Gasteiger partial charge in [0.2, 0.25) is 5.91 Å². The van der Waals surface area contributed by atoms with Crippen LogP contribution >= 0.6 is 0 Å². The number of carbonyl (C=O) groups excluding carboxylic acids is 1. The van der Waals surface area contributed by atoms with Crippen LogP contribution in [0.4, 0.5) is 10.1 Å². The average Bonchev–Trinajstić information content (AvgIpc) is 2.86. The summed E-state index contributed by atoms with van der Waals surface area (Å²) in [6, 6.07) is 5.74. The molecule has 0 spiro atoms. The van der Waals surface area contributed by atoms with Gasteiger partial charge in [0.05, 0.1) is 5.69 Å². The molecule has 3 N–H and O–H groups in total. The van der Waals surface area contributed by atoms with Gasteiger partial charge in [-0.05, 0) is 44.0 Å². The maximum absolute atomic E-state index is 13.0. The molecule has 0 radical (unpaired) electrons. The van der Waals surface area contributed by atoms with Gasteiger partial charge >= 0.3 is 0 Å². The molecule has 2 rings (SSSR count). The van der Waals surface area contributed by atoms with Crippen LogP contribution in [0.5, 0.6) is 0 Å². The van der Waals surface area contributed by atoms with Crippen molar-refractivity contribution in [1.29, 1.82) is 0 Å². The Morgan fingerprint density at radius 2 is 2.24 bits per heavy atom. The number of nitrogens with zero attached hydrogens (tertiary/aromatic N) is 3. The molecular weight excluding hydrogens is 273 g/mol. The number of nitrogens with two attached hydrogens (primary N) is 1. The molecule has 0 bridgehead atoms. The average molecular weight is 291 g/mol. The van der Waals surface area contributed by atoms with Gasteiger partial charge < -0.3 is 11.1 Å². The fourth-order valence-corrected chi connectivity index (χ4v) is 1.89. The third-order valence-corrected chi connectivity index (χ3v) is 2.89. The van der Waals surface area contributed by atoms with Crippen LogP contribution in [0.2, 0.25) is 0 Å². The van der Waals surface area contributed by atoms with E-state index in [0.717, 1.165) is 25.0 Å². The van der Waals surface area contributed by atoms with E-state index >= 15 is 0 Å². The largest absolute Gasteiger partial charge is 0.330 e. The standard InChI is InChI=1S/C14H18FN5O/c15-11-4-3-6-12(8-11)17-14(21)10-20-9-13(18-19-20)5-1-2-7-16/h3-4,6,8-9H,1-2,5,7,10,16H2,(H,17,21). The highest BCUT2D eigenvalue weighted by molar-refractivity contribution is 5.90. The van der Waals surface area contributed by atoms with Gasteiger partial charge in [-0.2, -0.15) is 0 Å². The van der Waals surface area contributed by atoms with Gasteiger partial charge in [0.25, 0.3) is 0 Å². The zero-order valence-electron chi connectivity index (χ0n) is 11.6. The van der Waals surface area contributed by atoms with E-state index in [1.54, 1.807) is 12.3 Å². The number of rotatable bonds is 7. The predicted octanol–water partition coefficient (Wildman–Crippen LogP) is 1.34. The number of aromatic nitrogens is 3. The highest BCUT2D eigenvalue weighted by atomic mass is 19.1. The van der Waals surface area contributed by atoms with Crippen LogP contribution in [0.3, 0.4) is 0 Å². The molecule has 21 heavy (non-hydrogen) atoms. The number of benzene rings is 1. The lowest BCUT2D eigenvalue weighted by molar-refractivity contribution is -0.116. The monoisotopic (exact) mass is 291 g/mol. The quantitative estimate of drug-likeness (QED) is 0.754. The molecule has 1 aromatic carbocycles. The third-order valence-electron chi connectivity index (χ3n) is 2.89. The van der Waals surface area contributed by atoms with Gasteiger partial charge in [-0.1, -0.05) is 11.3 Å². The first-order valence-electron chi connectivity index (χ1n) is 6.82. The van der Waals surface area contributed by atoms with Crippen LogP contribution in [0.15, 0.2) is 30.5 Å². The second kappa shape index (κ2) is 7.49. The molecule has 0 saturated heterocycles. The summed E-state index contributed by atoms with van der Waals surface area (Å²) in [5.41, 5.74) is 6.68. The molecule has 0 fully saturated rings. The number of hydrogen-bond acceptors (Lipinski definition) is 4. The van der Waals surface area contributed by atoms with Gasteiger partial charge in [0, 0.05) is 11.9 Å². The first-order chi connectivity index (χ1) is 10.2. The summed E-state index contributed by atoms with van der Waals surface area (Å²) in [6.45, 7) is 0.699. The molecule has 2 aromatic rings. The van der Waals surface area contributed by atoms with Gasteiger partial charge in [-0.3, -0.25) is 4.79 Å². The van der Waals surface area contributed by atoms with Crippen LogP contribution in [-0.2, 0) is 17.8 Å². The molecule has 6 nitrogen and oxygen atoms in total. The summed E-state index contributed by atoms with van der Waals surface area (Å²) >= 11 is 0.